The van der Waals surface area contributed by atoms with Gasteiger partial charge in [0.2, 0.25) is 0 Å². The summed E-state index contributed by atoms with van der Waals surface area (Å²) in [6.45, 7) is 1.68. The zero-order valence-corrected chi connectivity index (χ0v) is 16.3. The number of hydrogen-bond donors (Lipinski definition) is 0. The predicted molar refractivity (Wildman–Crippen MR) is 108 cm³/mol. The lowest BCUT2D eigenvalue weighted by Gasteiger charge is -2.40. The van der Waals surface area contributed by atoms with Crippen LogP contribution < -0.4 is 14.7 Å². The van der Waals surface area contributed by atoms with Gasteiger partial charge in [-0.2, -0.15) is 5.26 Å². The van der Waals surface area contributed by atoms with Crippen molar-refractivity contribution >= 4 is 17.3 Å². The minimum absolute atomic E-state index is 0.354. The fraction of sp³-hybridized carbons (Fsp3) is 0.476. The highest BCUT2D eigenvalue weighted by atomic mass is 19.1. The van der Waals surface area contributed by atoms with Gasteiger partial charge in [0, 0.05) is 51.0 Å². The van der Waals surface area contributed by atoms with Crippen LogP contribution in [-0.2, 0) is 0 Å². The van der Waals surface area contributed by atoms with Crippen LogP contribution in [0.1, 0.15) is 31.2 Å². The minimum Gasteiger partial charge on any atom is -0.371 e. The van der Waals surface area contributed by atoms with Crippen molar-refractivity contribution in [1.29, 1.82) is 5.26 Å². The van der Waals surface area contributed by atoms with Gasteiger partial charge in [-0.3, -0.25) is 0 Å². The van der Waals surface area contributed by atoms with Crippen molar-refractivity contribution in [3.05, 3.63) is 42.0 Å². The lowest BCUT2D eigenvalue weighted by molar-refractivity contribution is 0.459. The van der Waals surface area contributed by atoms with Crippen molar-refractivity contribution in [2.45, 2.75) is 37.8 Å². The van der Waals surface area contributed by atoms with Crippen LogP contribution in [-0.4, -0.2) is 49.2 Å². The molecule has 4 rings (SSSR count). The molecule has 0 atom stereocenters. The molecule has 0 spiro atoms. The van der Waals surface area contributed by atoms with E-state index < -0.39 is 0 Å². The van der Waals surface area contributed by atoms with Crippen molar-refractivity contribution in [1.82, 2.24) is 9.97 Å². The summed E-state index contributed by atoms with van der Waals surface area (Å²) < 4.78 is 13.8. The molecule has 1 aromatic heterocycles. The Morgan fingerprint density at radius 2 is 1.68 bits per heavy atom. The average Bonchev–Trinajstić information content (AvgIpc) is 3.53. The zero-order chi connectivity index (χ0) is 19.7. The number of anilines is 3. The molecule has 1 saturated heterocycles. The highest BCUT2D eigenvalue weighted by Crippen LogP contribution is 2.36. The standard InChI is InChI=1S/C21H25FN6/c1-26(2)20-12-21(25-14-24-20)28(17-3-4-17)18-5-7-27(8-6-18)19-10-15(13-23)9-16(22)11-19/h9-12,14,17-18H,3-8H2,1-2H3. The number of nitrogens with zero attached hydrogens (tertiary/aromatic N) is 6. The summed E-state index contributed by atoms with van der Waals surface area (Å²) in [5.74, 6) is 1.56. The monoisotopic (exact) mass is 380 g/mol. The highest BCUT2D eigenvalue weighted by molar-refractivity contribution is 5.54. The molecule has 0 unspecified atom stereocenters. The second-order valence-corrected chi connectivity index (χ2v) is 7.80. The lowest BCUT2D eigenvalue weighted by atomic mass is 10.0. The van der Waals surface area contributed by atoms with Crippen molar-refractivity contribution in [2.75, 3.05) is 41.9 Å². The molecule has 2 fully saturated rings. The Morgan fingerprint density at radius 3 is 2.32 bits per heavy atom. The zero-order valence-electron chi connectivity index (χ0n) is 16.3. The maximum atomic E-state index is 13.8. The van der Waals surface area contributed by atoms with Gasteiger partial charge in [0.05, 0.1) is 11.6 Å². The van der Waals surface area contributed by atoms with E-state index in [4.69, 9.17) is 5.26 Å². The Balaban J connectivity index is 1.49. The molecule has 6 nitrogen and oxygen atoms in total. The van der Waals surface area contributed by atoms with Gasteiger partial charge >= 0.3 is 0 Å². The number of piperidine rings is 1. The average molecular weight is 380 g/mol. The van der Waals surface area contributed by atoms with Gasteiger partial charge in [0.1, 0.15) is 23.8 Å². The molecule has 0 radical (unpaired) electrons. The van der Waals surface area contributed by atoms with Crippen molar-refractivity contribution < 1.29 is 4.39 Å². The van der Waals surface area contributed by atoms with E-state index in [0.29, 0.717) is 17.6 Å². The van der Waals surface area contributed by atoms with E-state index in [1.54, 1.807) is 12.4 Å². The largest absolute Gasteiger partial charge is 0.371 e. The van der Waals surface area contributed by atoms with E-state index in [9.17, 15) is 4.39 Å². The number of rotatable bonds is 5. The first-order valence-electron chi connectivity index (χ1n) is 9.78. The third kappa shape index (κ3) is 3.86. The van der Waals surface area contributed by atoms with Crippen LogP contribution in [0.5, 0.6) is 0 Å². The van der Waals surface area contributed by atoms with Crippen LogP contribution in [0.2, 0.25) is 0 Å². The van der Waals surface area contributed by atoms with Gasteiger partial charge in [0.15, 0.2) is 0 Å². The summed E-state index contributed by atoms with van der Waals surface area (Å²) >= 11 is 0. The molecule has 1 aliphatic heterocycles. The van der Waals surface area contributed by atoms with Gasteiger partial charge in [-0.05, 0) is 43.9 Å². The molecule has 0 N–H and O–H groups in total. The van der Waals surface area contributed by atoms with Crippen LogP contribution >= 0.6 is 0 Å². The van der Waals surface area contributed by atoms with Crippen LogP contribution in [0.25, 0.3) is 0 Å². The van der Waals surface area contributed by atoms with E-state index in [2.05, 4.69) is 25.8 Å². The van der Waals surface area contributed by atoms with Crippen molar-refractivity contribution in [3.63, 3.8) is 0 Å². The van der Waals surface area contributed by atoms with Gasteiger partial charge in [-0.25, -0.2) is 14.4 Å². The Morgan fingerprint density at radius 1 is 1.00 bits per heavy atom. The Kier molecular flexibility index (Phi) is 5.03. The number of halogens is 1. The molecule has 0 amide bonds. The molecule has 1 aromatic carbocycles. The third-order valence-electron chi connectivity index (χ3n) is 5.54. The summed E-state index contributed by atoms with van der Waals surface area (Å²) in [7, 11) is 3.97. The second kappa shape index (κ2) is 7.63. The van der Waals surface area contributed by atoms with Crippen LogP contribution in [0.4, 0.5) is 21.7 Å². The maximum Gasteiger partial charge on any atom is 0.134 e. The Bertz CT molecular complexity index is 881. The Hall–Kier alpha value is -2.88. The normalized spacial score (nSPS) is 17.3. The summed E-state index contributed by atoms with van der Waals surface area (Å²) in [6, 6.07) is 9.65. The summed E-state index contributed by atoms with van der Waals surface area (Å²) in [5.41, 5.74) is 1.17. The molecule has 1 aliphatic carbocycles. The van der Waals surface area contributed by atoms with Gasteiger partial charge in [-0.15, -0.1) is 0 Å². The lowest BCUT2D eigenvalue weighted by Crippen LogP contribution is -2.46. The maximum absolute atomic E-state index is 13.8. The molecule has 7 heteroatoms. The van der Waals surface area contributed by atoms with Crippen molar-refractivity contribution in [3.8, 4) is 6.07 Å². The topological polar surface area (TPSA) is 59.3 Å². The molecular weight excluding hydrogens is 355 g/mol. The summed E-state index contributed by atoms with van der Waals surface area (Å²) in [5, 5.41) is 9.10. The smallest absolute Gasteiger partial charge is 0.134 e. The Labute approximate surface area is 165 Å². The summed E-state index contributed by atoms with van der Waals surface area (Å²) in [4.78, 5) is 15.5. The number of nitriles is 1. The van der Waals surface area contributed by atoms with E-state index in [1.165, 1.54) is 25.0 Å². The third-order valence-corrected chi connectivity index (χ3v) is 5.54. The second-order valence-electron chi connectivity index (χ2n) is 7.80. The number of hydrogen-bond acceptors (Lipinski definition) is 6. The van der Waals surface area contributed by atoms with Crippen LogP contribution in [0.15, 0.2) is 30.6 Å². The first-order chi connectivity index (χ1) is 13.5. The van der Waals surface area contributed by atoms with E-state index in [1.807, 2.05) is 25.1 Å². The van der Waals surface area contributed by atoms with Gasteiger partial charge < -0.3 is 14.7 Å². The molecule has 28 heavy (non-hydrogen) atoms. The predicted octanol–water partition coefficient (Wildman–Crippen LogP) is 3.19. The molecule has 146 valence electrons. The van der Waals surface area contributed by atoms with Crippen molar-refractivity contribution in [2.24, 2.45) is 0 Å². The quantitative estimate of drug-likeness (QED) is 0.794. The van der Waals surface area contributed by atoms with Crippen LogP contribution in [0, 0.1) is 17.1 Å². The first kappa shape index (κ1) is 18.5. The fourth-order valence-electron chi connectivity index (χ4n) is 3.97. The number of aromatic nitrogens is 2. The van der Waals surface area contributed by atoms with Crippen LogP contribution in [0.3, 0.4) is 0 Å². The van der Waals surface area contributed by atoms with Gasteiger partial charge in [-0.1, -0.05) is 0 Å². The fourth-order valence-corrected chi connectivity index (χ4v) is 3.97. The molecular formula is C21H25FN6. The van der Waals surface area contributed by atoms with E-state index in [-0.39, 0.29) is 5.82 Å². The van der Waals surface area contributed by atoms with E-state index in [0.717, 1.165) is 43.3 Å². The molecule has 0 bridgehead atoms. The number of benzene rings is 1. The highest BCUT2D eigenvalue weighted by Gasteiger charge is 2.36. The van der Waals surface area contributed by atoms with Gasteiger partial charge in [0.25, 0.3) is 0 Å². The first-order valence-corrected chi connectivity index (χ1v) is 9.78. The molecule has 1 saturated carbocycles. The molecule has 2 aliphatic rings. The molecule has 2 heterocycles. The summed E-state index contributed by atoms with van der Waals surface area (Å²) in [6.07, 6.45) is 6.02. The molecule has 2 aromatic rings. The SMILES string of the molecule is CN(C)c1cc(N(C2CC2)C2CCN(c3cc(F)cc(C#N)c3)CC2)ncn1. The van der Waals surface area contributed by atoms with E-state index >= 15 is 0 Å². The minimum atomic E-state index is -0.354.